The molecule has 3 heteroatoms. The zero-order chi connectivity index (χ0) is 13.3. The quantitative estimate of drug-likeness (QED) is 0.710. The van der Waals surface area contributed by atoms with E-state index in [1.807, 2.05) is 6.07 Å². The van der Waals surface area contributed by atoms with Gasteiger partial charge in [0.1, 0.15) is 0 Å². The van der Waals surface area contributed by atoms with E-state index in [9.17, 15) is 0 Å². The van der Waals surface area contributed by atoms with Crippen molar-refractivity contribution in [2.75, 3.05) is 13.1 Å². The van der Waals surface area contributed by atoms with Crippen molar-refractivity contribution in [3.63, 3.8) is 0 Å². The van der Waals surface area contributed by atoms with Crippen molar-refractivity contribution in [3.8, 4) is 0 Å². The lowest BCUT2D eigenvalue weighted by molar-refractivity contribution is 0.0577. The molecule has 1 aromatic heterocycles. The highest BCUT2D eigenvalue weighted by atomic mass is 35.5. The zero-order valence-corrected chi connectivity index (χ0v) is 12.4. The Hall–Kier alpha value is -0.990. The van der Waals surface area contributed by atoms with Gasteiger partial charge in [0.05, 0.1) is 6.04 Å². The Labute approximate surface area is 124 Å². The van der Waals surface area contributed by atoms with E-state index in [2.05, 4.69) is 21.6 Å². The molecule has 0 saturated carbocycles. The van der Waals surface area contributed by atoms with Gasteiger partial charge in [0, 0.05) is 34.7 Å². The highest BCUT2D eigenvalue weighted by Gasteiger charge is 2.41. The number of hydrogen-bond acceptors (Lipinski definition) is 1. The highest BCUT2D eigenvalue weighted by Crippen LogP contribution is 2.48. The van der Waals surface area contributed by atoms with Gasteiger partial charge < -0.3 is 4.57 Å². The van der Waals surface area contributed by atoms with Crippen LogP contribution >= 0.6 is 11.6 Å². The summed E-state index contributed by atoms with van der Waals surface area (Å²) < 4.78 is 2.60. The summed E-state index contributed by atoms with van der Waals surface area (Å²) in [4.78, 5) is 2.74. The third-order valence-electron chi connectivity index (χ3n) is 5.69. The fourth-order valence-electron chi connectivity index (χ4n) is 4.91. The average Bonchev–Trinajstić information content (AvgIpc) is 2.80. The Morgan fingerprint density at radius 3 is 3.00 bits per heavy atom. The SMILES string of the molecule is Clc1ccc2c(c1)c1c3n2CC[C@H]2CCCN(CC1)[C@@H]32. The van der Waals surface area contributed by atoms with Gasteiger partial charge in [-0.3, -0.25) is 4.90 Å². The minimum atomic E-state index is 0.687. The van der Waals surface area contributed by atoms with E-state index >= 15 is 0 Å². The number of aromatic nitrogens is 1. The fraction of sp³-hybridized carbons (Fsp3) is 0.529. The van der Waals surface area contributed by atoms with Crippen LogP contribution in [0.4, 0.5) is 0 Å². The van der Waals surface area contributed by atoms with Crippen LogP contribution in [-0.2, 0) is 13.0 Å². The molecule has 3 aliphatic heterocycles. The lowest BCUT2D eigenvalue weighted by atomic mass is 9.79. The maximum absolute atomic E-state index is 6.24. The third-order valence-corrected chi connectivity index (χ3v) is 5.92. The second kappa shape index (κ2) is 4.02. The van der Waals surface area contributed by atoms with Crippen molar-refractivity contribution in [3.05, 3.63) is 34.5 Å². The Balaban J connectivity index is 1.82. The van der Waals surface area contributed by atoms with Crippen molar-refractivity contribution in [1.82, 2.24) is 9.47 Å². The van der Waals surface area contributed by atoms with Gasteiger partial charge in [-0.1, -0.05) is 11.6 Å². The monoisotopic (exact) mass is 286 g/mol. The van der Waals surface area contributed by atoms with Crippen LogP contribution in [-0.4, -0.2) is 22.6 Å². The van der Waals surface area contributed by atoms with E-state index in [4.69, 9.17) is 11.6 Å². The van der Waals surface area contributed by atoms with Gasteiger partial charge in [0.2, 0.25) is 0 Å². The van der Waals surface area contributed by atoms with Gasteiger partial charge in [-0.15, -0.1) is 0 Å². The fourth-order valence-corrected chi connectivity index (χ4v) is 5.08. The molecular formula is C17H19ClN2. The molecule has 0 spiro atoms. The molecule has 2 nitrogen and oxygen atoms in total. The third kappa shape index (κ3) is 1.39. The largest absolute Gasteiger partial charge is 0.343 e. The molecular weight excluding hydrogens is 268 g/mol. The molecule has 2 aromatic rings. The summed E-state index contributed by atoms with van der Waals surface area (Å²) in [6, 6.07) is 7.14. The van der Waals surface area contributed by atoms with Crippen LogP contribution < -0.4 is 0 Å². The van der Waals surface area contributed by atoms with E-state index in [-0.39, 0.29) is 0 Å². The Bertz CT molecular complexity index is 697. The predicted molar refractivity (Wildman–Crippen MR) is 82.3 cm³/mol. The minimum Gasteiger partial charge on any atom is -0.343 e. The number of benzene rings is 1. The van der Waals surface area contributed by atoms with E-state index in [1.54, 1.807) is 11.3 Å². The molecule has 3 aliphatic rings. The summed E-state index contributed by atoms with van der Waals surface area (Å²) in [5, 5.41) is 2.29. The van der Waals surface area contributed by atoms with Crippen LogP contribution in [0.3, 0.4) is 0 Å². The molecule has 5 rings (SSSR count). The van der Waals surface area contributed by atoms with Gasteiger partial charge in [-0.2, -0.15) is 0 Å². The number of aryl methyl sites for hydroxylation is 1. The molecule has 0 aliphatic carbocycles. The van der Waals surface area contributed by atoms with E-state index in [1.165, 1.54) is 56.2 Å². The predicted octanol–water partition coefficient (Wildman–Crippen LogP) is 4.01. The molecule has 0 radical (unpaired) electrons. The second-order valence-corrected chi connectivity index (χ2v) is 7.04. The number of nitrogens with zero attached hydrogens (tertiary/aromatic N) is 2. The molecule has 0 amide bonds. The van der Waals surface area contributed by atoms with Gasteiger partial charge in [-0.05, 0) is 61.9 Å². The summed E-state index contributed by atoms with van der Waals surface area (Å²) in [5.41, 5.74) is 4.63. The number of hydrogen-bond donors (Lipinski definition) is 0. The normalized spacial score (nSPS) is 28.6. The van der Waals surface area contributed by atoms with Crippen LogP contribution in [0.2, 0.25) is 5.02 Å². The van der Waals surface area contributed by atoms with Crippen LogP contribution in [0, 0.1) is 5.92 Å². The van der Waals surface area contributed by atoms with E-state index in [0.29, 0.717) is 6.04 Å². The topological polar surface area (TPSA) is 8.17 Å². The zero-order valence-electron chi connectivity index (χ0n) is 11.6. The van der Waals surface area contributed by atoms with Crippen molar-refractivity contribution in [1.29, 1.82) is 0 Å². The standard InChI is InChI=1S/C17H19ClN2/c18-12-3-4-15-14(10-12)13-6-8-19-7-1-2-11-5-9-20(15)17(13)16(11)19/h3-4,10-11,16H,1-2,5-9H2/t11-,16-/m1/s1. The first-order chi connectivity index (χ1) is 9.83. The van der Waals surface area contributed by atoms with Crippen molar-refractivity contribution < 1.29 is 0 Å². The average molecular weight is 287 g/mol. The summed E-state index contributed by atoms with van der Waals surface area (Å²) in [6.45, 7) is 3.73. The summed E-state index contributed by atoms with van der Waals surface area (Å²) in [6.07, 6.45) is 5.36. The summed E-state index contributed by atoms with van der Waals surface area (Å²) in [7, 11) is 0. The van der Waals surface area contributed by atoms with Gasteiger partial charge >= 0.3 is 0 Å². The molecule has 0 bridgehead atoms. The lowest BCUT2D eigenvalue weighted by Crippen LogP contribution is -2.46. The van der Waals surface area contributed by atoms with Crippen LogP contribution in [0.25, 0.3) is 10.9 Å². The molecule has 0 N–H and O–H groups in total. The molecule has 1 saturated heterocycles. The van der Waals surface area contributed by atoms with Gasteiger partial charge in [0.15, 0.2) is 0 Å². The maximum atomic E-state index is 6.24. The maximum Gasteiger partial charge on any atom is 0.0532 e. The van der Waals surface area contributed by atoms with Gasteiger partial charge in [0.25, 0.3) is 0 Å². The van der Waals surface area contributed by atoms with Gasteiger partial charge in [-0.25, -0.2) is 0 Å². The van der Waals surface area contributed by atoms with E-state index in [0.717, 1.165) is 10.9 Å². The molecule has 104 valence electrons. The van der Waals surface area contributed by atoms with Crippen molar-refractivity contribution >= 4 is 22.5 Å². The van der Waals surface area contributed by atoms with E-state index < -0.39 is 0 Å². The first-order valence-electron chi connectivity index (χ1n) is 7.87. The van der Waals surface area contributed by atoms with Crippen LogP contribution in [0.5, 0.6) is 0 Å². The molecule has 0 unspecified atom stereocenters. The summed E-state index contributed by atoms with van der Waals surface area (Å²) >= 11 is 6.24. The first-order valence-corrected chi connectivity index (χ1v) is 8.25. The first kappa shape index (κ1) is 11.6. The Kier molecular flexibility index (Phi) is 2.34. The smallest absolute Gasteiger partial charge is 0.0532 e. The minimum absolute atomic E-state index is 0.687. The lowest BCUT2D eigenvalue weighted by Gasteiger charge is -2.47. The van der Waals surface area contributed by atoms with Crippen LogP contribution in [0.1, 0.15) is 36.6 Å². The molecule has 20 heavy (non-hydrogen) atoms. The Morgan fingerprint density at radius 1 is 1.10 bits per heavy atom. The number of halogens is 1. The van der Waals surface area contributed by atoms with Crippen molar-refractivity contribution in [2.24, 2.45) is 5.92 Å². The molecule has 1 aromatic carbocycles. The molecule has 1 fully saturated rings. The Morgan fingerprint density at radius 2 is 2.05 bits per heavy atom. The number of rotatable bonds is 0. The summed E-state index contributed by atoms with van der Waals surface area (Å²) in [5.74, 6) is 0.884. The molecule has 2 atom stereocenters. The molecule has 4 heterocycles. The van der Waals surface area contributed by atoms with Crippen LogP contribution in [0.15, 0.2) is 18.2 Å². The van der Waals surface area contributed by atoms with Crippen molar-refractivity contribution in [2.45, 2.75) is 38.3 Å². The highest BCUT2D eigenvalue weighted by molar-refractivity contribution is 6.31. The number of piperidine rings is 1. The number of fused-ring (bicyclic) bond motifs is 3. The second-order valence-electron chi connectivity index (χ2n) is 6.60.